The molecule has 0 unspecified atom stereocenters. The summed E-state index contributed by atoms with van der Waals surface area (Å²) in [6.07, 6.45) is 3.39. The summed E-state index contributed by atoms with van der Waals surface area (Å²) in [6.45, 7) is 4.18. The minimum absolute atomic E-state index is 0.0289. The van der Waals surface area contributed by atoms with Gasteiger partial charge in [0.15, 0.2) is 0 Å². The summed E-state index contributed by atoms with van der Waals surface area (Å²) in [5.74, 6) is 0.867. The predicted molar refractivity (Wildman–Crippen MR) is 48.8 cm³/mol. The van der Waals surface area contributed by atoms with E-state index >= 15 is 0 Å². The van der Waals surface area contributed by atoms with Crippen LogP contribution in [0.3, 0.4) is 0 Å². The standard InChI is InChI=1S/C11H15NO/c1-10(5-6-12)8-3-4-11(10,2)9(13)7-8/h8H,3-5,7H2,1-2H3/t8-,10+,11-/m0/s1. The maximum atomic E-state index is 11.7. The Balaban J connectivity index is 2.42. The zero-order valence-electron chi connectivity index (χ0n) is 8.26. The van der Waals surface area contributed by atoms with Gasteiger partial charge in [-0.15, -0.1) is 0 Å². The average molecular weight is 177 g/mol. The van der Waals surface area contributed by atoms with E-state index in [-0.39, 0.29) is 10.8 Å². The minimum atomic E-state index is -0.187. The minimum Gasteiger partial charge on any atom is -0.299 e. The second-order valence-corrected chi connectivity index (χ2v) is 4.95. The molecule has 2 saturated carbocycles. The molecule has 0 radical (unpaired) electrons. The van der Waals surface area contributed by atoms with Gasteiger partial charge in [0.2, 0.25) is 0 Å². The molecule has 2 bridgehead atoms. The van der Waals surface area contributed by atoms with Crippen LogP contribution in [0.4, 0.5) is 0 Å². The Bertz CT molecular complexity index is 304. The van der Waals surface area contributed by atoms with Crippen molar-refractivity contribution in [3.63, 3.8) is 0 Å². The molecular formula is C11H15NO. The van der Waals surface area contributed by atoms with Crippen LogP contribution in [-0.4, -0.2) is 5.78 Å². The maximum absolute atomic E-state index is 11.7. The summed E-state index contributed by atoms with van der Waals surface area (Å²) in [6, 6.07) is 2.24. The Morgan fingerprint density at radius 1 is 1.62 bits per heavy atom. The van der Waals surface area contributed by atoms with Crippen molar-refractivity contribution in [2.24, 2.45) is 16.7 Å². The molecule has 0 aromatic heterocycles. The SMILES string of the molecule is C[C@]12CC[C@@H](CC1=O)[C@@]2(C)CC#N. The molecule has 2 aliphatic carbocycles. The number of carbonyl (C=O) groups is 1. The van der Waals surface area contributed by atoms with E-state index in [9.17, 15) is 4.79 Å². The molecule has 0 saturated heterocycles. The van der Waals surface area contributed by atoms with E-state index in [1.165, 1.54) is 0 Å². The van der Waals surface area contributed by atoms with E-state index in [2.05, 4.69) is 19.9 Å². The fourth-order valence-corrected chi connectivity index (χ4v) is 3.26. The lowest BCUT2D eigenvalue weighted by Crippen LogP contribution is -2.34. The van der Waals surface area contributed by atoms with E-state index in [4.69, 9.17) is 5.26 Å². The number of nitriles is 1. The molecule has 2 heteroatoms. The van der Waals surface area contributed by atoms with Crippen molar-refractivity contribution in [2.75, 3.05) is 0 Å². The van der Waals surface area contributed by atoms with E-state index in [1.54, 1.807) is 0 Å². The van der Waals surface area contributed by atoms with Gasteiger partial charge in [0, 0.05) is 18.3 Å². The lowest BCUT2D eigenvalue weighted by atomic mass is 9.67. The molecule has 0 aromatic rings. The van der Waals surface area contributed by atoms with Gasteiger partial charge >= 0.3 is 0 Å². The fraction of sp³-hybridized carbons (Fsp3) is 0.818. The first-order valence-corrected chi connectivity index (χ1v) is 4.95. The molecule has 0 aliphatic heterocycles. The van der Waals surface area contributed by atoms with Gasteiger partial charge in [-0.05, 0) is 24.2 Å². The Kier molecular flexibility index (Phi) is 1.58. The van der Waals surface area contributed by atoms with E-state index in [0.717, 1.165) is 12.8 Å². The number of Topliss-reactive ketones (excluding diaryl/α,β-unsaturated/α-hetero) is 1. The lowest BCUT2D eigenvalue weighted by molar-refractivity contribution is -0.128. The van der Waals surface area contributed by atoms with Crippen LogP contribution in [0.15, 0.2) is 0 Å². The number of hydrogen-bond donors (Lipinski definition) is 0. The van der Waals surface area contributed by atoms with Gasteiger partial charge < -0.3 is 0 Å². The number of hydrogen-bond acceptors (Lipinski definition) is 2. The highest BCUT2D eigenvalue weighted by Gasteiger charge is 2.63. The van der Waals surface area contributed by atoms with Gasteiger partial charge in [0.05, 0.1) is 6.07 Å². The molecule has 2 nitrogen and oxygen atoms in total. The molecule has 2 fully saturated rings. The molecule has 0 spiro atoms. The Morgan fingerprint density at radius 3 is 2.69 bits per heavy atom. The molecule has 3 atom stereocenters. The maximum Gasteiger partial charge on any atom is 0.139 e. The summed E-state index contributed by atoms with van der Waals surface area (Å²) in [5.41, 5.74) is -0.216. The van der Waals surface area contributed by atoms with Crippen molar-refractivity contribution in [1.82, 2.24) is 0 Å². The Labute approximate surface area is 78.9 Å². The van der Waals surface area contributed by atoms with Crippen molar-refractivity contribution in [1.29, 1.82) is 5.26 Å². The molecule has 0 heterocycles. The van der Waals surface area contributed by atoms with Crippen LogP contribution in [0.2, 0.25) is 0 Å². The number of rotatable bonds is 1. The second-order valence-electron chi connectivity index (χ2n) is 4.95. The highest BCUT2D eigenvalue weighted by atomic mass is 16.1. The third-order valence-corrected chi connectivity index (χ3v) is 4.65. The third-order valence-electron chi connectivity index (χ3n) is 4.65. The Hall–Kier alpha value is -0.840. The monoisotopic (exact) mass is 177 g/mol. The summed E-state index contributed by atoms with van der Waals surface area (Å²) < 4.78 is 0. The smallest absolute Gasteiger partial charge is 0.139 e. The highest BCUT2D eigenvalue weighted by molar-refractivity contribution is 5.89. The van der Waals surface area contributed by atoms with Crippen LogP contribution in [0.25, 0.3) is 0 Å². The fourth-order valence-electron chi connectivity index (χ4n) is 3.26. The van der Waals surface area contributed by atoms with Gasteiger partial charge in [-0.25, -0.2) is 0 Å². The molecule has 0 amide bonds. The number of carbonyl (C=O) groups excluding carboxylic acids is 1. The molecular weight excluding hydrogens is 162 g/mol. The van der Waals surface area contributed by atoms with Crippen molar-refractivity contribution in [3.8, 4) is 6.07 Å². The van der Waals surface area contributed by atoms with Crippen LogP contribution in [0.1, 0.15) is 39.5 Å². The summed E-state index contributed by atoms with van der Waals surface area (Å²) >= 11 is 0. The van der Waals surface area contributed by atoms with Crippen LogP contribution in [0, 0.1) is 28.1 Å². The highest BCUT2D eigenvalue weighted by Crippen LogP contribution is 2.65. The number of fused-ring (bicyclic) bond motifs is 2. The summed E-state index contributed by atoms with van der Waals surface area (Å²) in [7, 11) is 0. The Morgan fingerprint density at radius 2 is 2.31 bits per heavy atom. The van der Waals surface area contributed by atoms with E-state index in [0.29, 0.717) is 24.5 Å². The number of nitrogens with zero attached hydrogens (tertiary/aromatic N) is 1. The normalized spacial score (nSPS) is 48.1. The first-order valence-electron chi connectivity index (χ1n) is 4.95. The second kappa shape index (κ2) is 2.35. The van der Waals surface area contributed by atoms with Crippen LogP contribution >= 0.6 is 0 Å². The van der Waals surface area contributed by atoms with Gasteiger partial charge in [0.1, 0.15) is 5.78 Å². The summed E-state index contributed by atoms with van der Waals surface area (Å²) in [5, 5.41) is 8.79. The number of ketones is 1. The largest absolute Gasteiger partial charge is 0.299 e. The van der Waals surface area contributed by atoms with E-state index in [1.807, 2.05) is 0 Å². The van der Waals surface area contributed by atoms with Gasteiger partial charge in [-0.2, -0.15) is 5.26 Å². The molecule has 13 heavy (non-hydrogen) atoms. The molecule has 70 valence electrons. The van der Waals surface area contributed by atoms with Crippen LogP contribution < -0.4 is 0 Å². The van der Waals surface area contributed by atoms with Crippen molar-refractivity contribution >= 4 is 5.78 Å². The third kappa shape index (κ3) is 0.802. The topological polar surface area (TPSA) is 40.9 Å². The predicted octanol–water partition coefficient (Wildman–Crippen LogP) is 2.30. The zero-order valence-corrected chi connectivity index (χ0v) is 8.26. The van der Waals surface area contributed by atoms with Gasteiger partial charge in [0.25, 0.3) is 0 Å². The van der Waals surface area contributed by atoms with Gasteiger partial charge in [-0.3, -0.25) is 4.79 Å². The zero-order chi connectivity index (χ0) is 9.69. The van der Waals surface area contributed by atoms with Crippen molar-refractivity contribution in [2.45, 2.75) is 39.5 Å². The van der Waals surface area contributed by atoms with Crippen molar-refractivity contribution < 1.29 is 4.79 Å². The van der Waals surface area contributed by atoms with Crippen LogP contribution in [0.5, 0.6) is 0 Å². The van der Waals surface area contributed by atoms with Gasteiger partial charge in [-0.1, -0.05) is 13.8 Å². The molecule has 0 N–H and O–H groups in total. The molecule has 0 aromatic carbocycles. The molecule has 2 rings (SSSR count). The molecule has 2 aliphatic rings. The first kappa shape index (κ1) is 8.74. The lowest BCUT2D eigenvalue weighted by Gasteiger charge is -2.34. The quantitative estimate of drug-likeness (QED) is 0.616. The first-order chi connectivity index (χ1) is 6.04. The van der Waals surface area contributed by atoms with E-state index < -0.39 is 0 Å². The van der Waals surface area contributed by atoms with Crippen molar-refractivity contribution in [3.05, 3.63) is 0 Å². The average Bonchev–Trinajstić information content (AvgIpc) is 2.39. The van der Waals surface area contributed by atoms with Crippen LogP contribution in [-0.2, 0) is 4.79 Å². The summed E-state index contributed by atoms with van der Waals surface area (Å²) in [4.78, 5) is 11.7.